The van der Waals surface area contributed by atoms with Gasteiger partial charge in [0.1, 0.15) is 0 Å². The number of carbonyl (C=O) groups excluding carboxylic acids is 1. The summed E-state index contributed by atoms with van der Waals surface area (Å²) in [6.45, 7) is 9.29. The minimum absolute atomic E-state index is 0.00635. The van der Waals surface area contributed by atoms with Crippen LogP contribution in [0.3, 0.4) is 0 Å². The average Bonchev–Trinajstić information content (AvgIpc) is 2.35. The van der Waals surface area contributed by atoms with E-state index in [2.05, 4.69) is 20.8 Å². The van der Waals surface area contributed by atoms with Crippen molar-refractivity contribution in [1.29, 1.82) is 0 Å². The van der Waals surface area contributed by atoms with E-state index >= 15 is 0 Å². The molecule has 1 rings (SSSR count). The van der Waals surface area contributed by atoms with Gasteiger partial charge in [0.2, 0.25) is 0 Å². The Morgan fingerprint density at radius 3 is 2.42 bits per heavy atom. The van der Waals surface area contributed by atoms with Crippen LogP contribution < -0.4 is 0 Å². The van der Waals surface area contributed by atoms with E-state index in [0.29, 0.717) is 19.5 Å². The molecule has 0 aromatic rings. The normalized spacial score (nSPS) is 21.9. The molecule has 19 heavy (non-hydrogen) atoms. The van der Waals surface area contributed by atoms with Gasteiger partial charge in [-0.3, -0.25) is 4.79 Å². The van der Waals surface area contributed by atoms with Crippen molar-refractivity contribution < 1.29 is 14.7 Å². The van der Waals surface area contributed by atoms with Gasteiger partial charge in [-0.15, -0.1) is 0 Å². The molecule has 1 aliphatic rings. The third kappa shape index (κ3) is 3.85. The number of nitrogens with zero attached hydrogens (tertiary/aromatic N) is 2. The van der Waals surface area contributed by atoms with Crippen molar-refractivity contribution in [3.05, 3.63) is 0 Å². The molecule has 2 amide bonds. The lowest BCUT2D eigenvalue weighted by atomic mass is 9.87. The van der Waals surface area contributed by atoms with E-state index in [1.807, 2.05) is 6.92 Å². The second-order valence-electron chi connectivity index (χ2n) is 6.56. The number of hydrogen-bond acceptors (Lipinski definition) is 2. The molecule has 0 aromatic carbocycles. The lowest BCUT2D eigenvalue weighted by molar-refractivity contribution is -0.143. The summed E-state index contributed by atoms with van der Waals surface area (Å²) >= 11 is 0. The van der Waals surface area contributed by atoms with E-state index in [0.717, 1.165) is 6.42 Å². The Morgan fingerprint density at radius 1 is 1.37 bits per heavy atom. The van der Waals surface area contributed by atoms with Crippen molar-refractivity contribution in [3.8, 4) is 0 Å². The van der Waals surface area contributed by atoms with Crippen LogP contribution in [0.1, 0.15) is 40.5 Å². The zero-order valence-electron chi connectivity index (χ0n) is 12.6. The number of hydrogen-bond donors (Lipinski definition) is 1. The highest BCUT2D eigenvalue weighted by Crippen LogP contribution is 2.25. The summed E-state index contributed by atoms with van der Waals surface area (Å²) in [5.74, 6) is -1.22. The average molecular weight is 270 g/mol. The maximum Gasteiger partial charge on any atom is 0.320 e. The molecule has 1 N–H and O–H groups in total. The Bertz CT molecular complexity index is 349. The van der Waals surface area contributed by atoms with E-state index < -0.39 is 11.9 Å². The lowest BCUT2D eigenvalue weighted by Crippen LogP contribution is -2.52. The monoisotopic (exact) mass is 270 g/mol. The molecule has 1 unspecified atom stereocenters. The highest BCUT2D eigenvalue weighted by molar-refractivity contribution is 5.76. The highest BCUT2D eigenvalue weighted by atomic mass is 16.4. The zero-order chi connectivity index (χ0) is 14.8. The fourth-order valence-corrected chi connectivity index (χ4v) is 2.32. The second-order valence-corrected chi connectivity index (χ2v) is 6.56. The summed E-state index contributed by atoms with van der Waals surface area (Å²) in [7, 11) is 1.79. The van der Waals surface area contributed by atoms with E-state index in [1.54, 1.807) is 16.8 Å². The predicted molar refractivity (Wildman–Crippen MR) is 74.0 cm³/mol. The third-order valence-electron chi connectivity index (χ3n) is 4.18. The van der Waals surface area contributed by atoms with Crippen molar-refractivity contribution in [2.75, 3.05) is 20.1 Å². The molecule has 0 radical (unpaired) electrons. The molecular weight excluding hydrogens is 244 g/mol. The third-order valence-corrected chi connectivity index (χ3v) is 4.18. The number of carboxylic acids is 1. The Morgan fingerprint density at radius 2 is 1.95 bits per heavy atom. The number of urea groups is 1. The molecule has 1 heterocycles. The molecule has 5 heteroatoms. The van der Waals surface area contributed by atoms with E-state index in [-0.39, 0.29) is 17.5 Å². The first-order valence-corrected chi connectivity index (χ1v) is 6.89. The molecule has 0 bridgehead atoms. The summed E-state index contributed by atoms with van der Waals surface area (Å²) in [5, 5.41) is 9.06. The van der Waals surface area contributed by atoms with E-state index in [4.69, 9.17) is 5.11 Å². The zero-order valence-corrected chi connectivity index (χ0v) is 12.6. The summed E-state index contributed by atoms with van der Waals surface area (Å²) in [4.78, 5) is 26.8. The van der Waals surface area contributed by atoms with Gasteiger partial charge in [0.05, 0.1) is 5.92 Å². The Balaban J connectivity index is 2.69. The van der Waals surface area contributed by atoms with Gasteiger partial charge in [0, 0.05) is 26.2 Å². The maximum absolute atomic E-state index is 12.4. The minimum Gasteiger partial charge on any atom is -0.481 e. The number of likely N-dealkylation sites (tertiary alicyclic amines) is 1. The number of piperidine rings is 1. The quantitative estimate of drug-likeness (QED) is 0.837. The van der Waals surface area contributed by atoms with Crippen molar-refractivity contribution >= 4 is 12.0 Å². The summed E-state index contributed by atoms with van der Waals surface area (Å²) in [6, 6.07) is 0.0404. The predicted octanol–water partition coefficient (Wildman–Crippen LogP) is 2.27. The molecule has 110 valence electrons. The molecule has 2 atom stereocenters. The van der Waals surface area contributed by atoms with Gasteiger partial charge < -0.3 is 14.9 Å². The number of carboxylic acid groups (broad SMARTS) is 1. The van der Waals surface area contributed by atoms with Crippen molar-refractivity contribution in [2.45, 2.75) is 46.6 Å². The van der Waals surface area contributed by atoms with Crippen LogP contribution in [0.15, 0.2) is 0 Å². The van der Waals surface area contributed by atoms with Crippen LogP contribution in [-0.2, 0) is 4.79 Å². The van der Waals surface area contributed by atoms with Crippen molar-refractivity contribution in [1.82, 2.24) is 9.80 Å². The van der Waals surface area contributed by atoms with Gasteiger partial charge in [-0.1, -0.05) is 20.8 Å². The molecule has 0 saturated carbocycles. The Labute approximate surface area is 115 Å². The standard InChI is InChI=1S/C14H26N2O3/c1-10(14(2,3)4)15(5)13(19)16-8-6-7-11(9-16)12(17)18/h10-11H,6-9H2,1-5H3,(H,17,18)/t10?,11-/m1/s1. The largest absolute Gasteiger partial charge is 0.481 e. The number of amides is 2. The first-order chi connectivity index (χ1) is 8.64. The van der Waals surface area contributed by atoms with Crippen LogP contribution in [0.4, 0.5) is 4.79 Å². The molecule has 5 nitrogen and oxygen atoms in total. The molecule has 1 fully saturated rings. The lowest BCUT2D eigenvalue weighted by Gasteiger charge is -2.40. The first kappa shape index (κ1) is 15.8. The minimum atomic E-state index is -0.802. The molecule has 1 saturated heterocycles. The Kier molecular flexibility index (Phi) is 4.82. The van der Waals surface area contributed by atoms with Crippen LogP contribution in [0.25, 0.3) is 0 Å². The first-order valence-electron chi connectivity index (χ1n) is 6.89. The van der Waals surface area contributed by atoms with Gasteiger partial charge in [0.15, 0.2) is 0 Å². The summed E-state index contributed by atoms with van der Waals surface area (Å²) < 4.78 is 0. The van der Waals surface area contributed by atoms with Crippen LogP contribution in [0, 0.1) is 11.3 Å². The van der Waals surface area contributed by atoms with Crippen LogP contribution in [-0.4, -0.2) is 53.1 Å². The molecule has 0 spiro atoms. The van der Waals surface area contributed by atoms with Crippen LogP contribution in [0.2, 0.25) is 0 Å². The van der Waals surface area contributed by atoms with E-state index in [9.17, 15) is 9.59 Å². The van der Waals surface area contributed by atoms with Gasteiger partial charge in [-0.25, -0.2) is 4.79 Å². The molecule has 0 aromatic heterocycles. The SMILES string of the molecule is CC(N(C)C(=O)N1CCC[C@@H](C(=O)O)C1)C(C)(C)C. The molecular formula is C14H26N2O3. The van der Waals surface area contributed by atoms with Gasteiger partial charge in [-0.05, 0) is 25.2 Å². The second kappa shape index (κ2) is 5.80. The van der Waals surface area contributed by atoms with Crippen LogP contribution in [0.5, 0.6) is 0 Å². The fraction of sp³-hybridized carbons (Fsp3) is 0.857. The summed E-state index contributed by atoms with van der Waals surface area (Å²) in [5.41, 5.74) is 0.00635. The van der Waals surface area contributed by atoms with Gasteiger partial charge in [-0.2, -0.15) is 0 Å². The Hall–Kier alpha value is -1.26. The smallest absolute Gasteiger partial charge is 0.320 e. The molecule has 0 aliphatic carbocycles. The maximum atomic E-state index is 12.4. The van der Waals surface area contributed by atoms with Gasteiger partial charge >= 0.3 is 12.0 Å². The number of rotatable bonds is 2. The highest BCUT2D eigenvalue weighted by Gasteiger charge is 2.33. The van der Waals surface area contributed by atoms with Crippen molar-refractivity contribution in [3.63, 3.8) is 0 Å². The van der Waals surface area contributed by atoms with Crippen molar-refractivity contribution in [2.24, 2.45) is 11.3 Å². The number of aliphatic carboxylic acids is 1. The van der Waals surface area contributed by atoms with Crippen LogP contribution >= 0.6 is 0 Å². The van der Waals surface area contributed by atoms with Gasteiger partial charge in [0.25, 0.3) is 0 Å². The van der Waals surface area contributed by atoms with E-state index in [1.165, 1.54) is 0 Å². The summed E-state index contributed by atoms with van der Waals surface area (Å²) in [6.07, 6.45) is 1.43. The topological polar surface area (TPSA) is 60.9 Å². The molecule has 1 aliphatic heterocycles. The number of carbonyl (C=O) groups is 2. The fourth-order valence-electron chi connectivity index (χ4n) is 2.32.